The fourth-order valence-electron chi connectivity index (χ4n) is 2.70. The summed E-state index contributed by atoms with van der Waals surface area (Å²) in [6.07, 6.45) is 3.18. The smallest absolute Gasteiger partial charge is 0.254 e. The molecule has 24 heavy (non-hydrogen) atoms. The summed E-state index contributed by atoms with van der Waals surface area (Å²) in [5.41, 5.74) is 2.12. The fraction of sp³-hybridized carbons (Fsp3) is 0.176. The van der Waals surface area contributed by atoms with Crippen LogP contribution in [0.3, 0.4) is 0 Å². The number of carbonyl (C=O) groups is 1. The van der Waals surface area contributed by atoms with Gasteiger partial charge in [-0.25, -0.2) is 9.67 Å². The Labute approximate surface area is 137 Å². The maximum absolute atomic E-state index is 13.1. The van der Waals surface area contributed by atoms with Crippen LogP contribution in [0, 0.1) is 5.95 Å². The minimum atomic E-state index is -0.651. The molecule has 1 amide bonds. The van der Waals surface area contributed by atoms with Crippen LogP contribution < -0.4 is 0 Å². The molecule has 0 saturated carbocycles. The standard InChI is InChI=1S/C17H14FN5O/c18-16-8-13(6-7-19-16)17(24)22-9-14(10-22)23-11-15(20-21-23)12-4-2-1-3-5-12/h1-8,11,14H,9-10H2. The average Bonchev–Trinajstić information content (AvgIpc) is 3.04. The van der Waals surface area contributed by atoms with Crippen molar-refractivity contribution in [2.75, 3.05) is 13.1 Å². The van der Waals surface area contributed by atoms with E-state index in [1.54, 1.807) is 9.58 Å². The first-order chi connectivity index (χ1) is 11.7. The van der Waals surface area contributed by atoms with Gasteiger partial charge in [0.1, 0.15) is 5.69 Å². The number of pyridine rings is 1. The highest BCUT2D eigenvalue weighted by atomic mass is 19.1. The van der Waals surface area contributed by atoms with Gasteiger partial charge in [-0.15, -0.1) is 5.10 Å². The summed E-state index contributed by atoms with van der Waals surface area (Å²) < 4.78 is 14.9. The molecule has 7 heteroatoms. The van der Waals surface area contributed by atoms with Crippen molar-refractivity contribution in [2.45, 2.75) is 6.04 Å². The second-order valence-electron chi connectivity index (χ2n) is 5.68. The minimum Gasteiger partial charge on any atom is -0.334 e. The van der Waals surface area contributed by atoms with Crippen LogP contribution in [-0.4, -0.2) is 43.9 Å². The molecular formula is C17H14FN5O. The molecule has 6 nitrogen and oxygen atoms in total. The molecular weight excluding hydrogens is 309 g/mol. The molecule has 1 aliphatic rings. The van der Waals surface area contributed by atoms with Crippen molar-refractivity contribution in [3.8, 4) is 11.3 Å². The molecule has 1 aliphatic heterocycles. The molecule has 0 unspecified atom stereocenters. The van der Waals surface area contributed by atoms with Crippen LogP contribution in [0.4, 0.5) is 4.39 Å². The summed E-state index contributed by atoms with van der Waals surface area (Å²) in [5.74, 6) is -0.849. The summed E-state index contributed by atoms with van der Waals surface area (Å²) in [7, 11) is 0. The minimum absolute atomic E-state index is 0.0885. The molecule has 3 heterocycles. The van der Waals surface area contributed by atoms with Crippen molar-refractivity contribution in [1.82, 2.24) is 24.9 Å². The fourth-order valence-corrected chi connectivity index (χ4v) is 2.70. The summed E-state index contributed by atoms with van der Waals surface area (Å²) in [6, 6.07) is 12.6. The Bertz CT molecular complexity index is 873. The van der Waals surface area contributed by atoms with E-state index in [0.717, 1.165) is 17.3 Å². The van der Waals surface area contributed by atoms with E-state index in [-0.39, 0.29) is 11.9 Å². The molecule has 0 atom stereocenters. The Morgan fingerprint density at radius 3 is 2.71 bits per heavy atom. The van der Waals surface area contributed by atoms with Gasteiger partial charge in [0.2, 0.25) is 5.95 Å². The number of amides is 1. The summed E-state index contributed by atoms with van der Waals surface area (Å²) in [6.45, 7) is 1.06. The largest absolute Gasteiger partial charge is 0.334 e. The van der Waals surface area contributed by atoms with Gasteiger partial charge in [0.15, 0.2) is 0 Å². The molecule has 120 valence electrons. The second kappa shape index (κ2) is 5.84. The van der Waals surface area contributed by atoms with Crippen molar-refractivity contribution >= 4 is 5.91 Å². The number of hydrogen-bond acceptors (Lipinski definition) is 4. The molecule has 2 aromatic heterocycles. The zero-order chi connectivity index (χ0) is 16.5. The van der Waals surface area contributed by atoms with Gasteiger partial charge in [0, 0.05) is 36.5 Å². The topological polar surface area (TPSA) is 63.9 Å². The Morgan fingerprint density at radius 1 is 1.17 bits per heavy atom. The summed E-state index contributed by atoms with van der Waals surface area (Å²) in [4.78, 5) is 17.4. The maximum atomic E-state index is 13.1. The van der Waals surface area contributed by atoms with E-state index >= 15 is 0 Å². The molecule has 0 aliphatic carbocycles. The predicted octanol–water partition coefficient (Wildman–Crippen LogP) is 2.18. The molecule has 1 aromatic carbocycles. The monoisotopic (exact) mass is 323 g/mol. The van der Waals surface area contributed by atoms with E-state index in [1.165, 1.54) is 12.3 Å². The number of hydrogen-bond donors (Lipinski definition) is 0. The van der Waals surface area contributed by atoms with E-state index in [1.807, 2.05) is 36.5 Å². The zero-order valence-corrected chi connectivity index (χ0v) is 12.7. The maximum Gasteiger partial charge on any atom is 0.254 e. The number of aromatic nitrogens is 4. The van der Waals surface area contributed by atoms with E-state index in [9.17, 15) is 9.18 Å². The van der Waals surface area contributed by atoms with Crippen LogP contribution in [0.15, 0.2) is 54.9 Å². The van der Waals surface area contributed by atoms with Gasteiger partial charge in [-0.05, 0) is 6.07 Å². The van der Waals surface area contributed by atoms with E-state index in [4.69, 9.17) is 0 Å². The molecule has 1 saturated heterocycles. The molecule has 4 rings (SSSR count). The van der Waals surface area contributed by atoms with Gasteiger partial charge < -0.3 is 4.90 Å². The Kier molecular flexibility index (Phi) is 3.53. The second-order valence-corrected chi connectivity index (χ2v) is 5.68. The van der Waals surface area contributed by atoms with Crippen LogP contribution in [-0.2, 0) is 0 Å². The lowest BCUT2D eigenvalue weighted by Gasteiger charge is -2.38. The van der Waals surface area contributed by atoms with Gasteiger partial charge in [-0.2, -0.15) is 4.39 Å². The predicted molar refractivity (Wildman–Crippen MR) is 84.6 cm³/mol. The summed E-state index contributed by atoms with van der Waals surface area (Å²) in [5, 5.41) is 8.33. The lowest BCUT2D eigenvalue weighted by atomic mass is 10.1. The quantitative estimate of drug-likeness (QED) is 0.693. The van der Waals surface area contributed by atoms with E-state index in [2.05, 4.69) is 15.3 Å². The summed E-state index contributed by atoms with van der Waals surface area (Å²) >= 11 is 0. The highest BCUT2D eigenvalue weighted by Gasteiger charge is 2.33. The van der Waals surface area contributed by atoms with Crippen molar-refractivity contribution in [3.63, 3.8) is 0 Å². The molecule has 0 spiro atoms. The number of nitrogens with zero attached hydrogens (tertiary/aromatic N) is 5. The molecule has 0 N–H and O–H groups in total. The Morgan fingerprint density at radius 2 is 1.96 bits per heavy atom. The van der Waals surface area contributed by atoms with Crippen molar-refractivity contribution in [3.05, 3.63) is 66.4 Å². The number of carbonyl (C=O) groups excluding carboxylic acids is 1. The zero-order valence-electron chi connectivity index (χ0n) is 12.7. The van der Waals surface area contributed by atoms with Gasteiger partial charge >= 0.3 is 0 Å². The number of halogens is 1. The van der Waals surface area contributed by atoms with Crippen molar-refractivity contribution in [2.24, 2.45) is 0 Å². The van der Waals surface area contributed by atoms with Gasteiger partial charge in [0.05, 0.1) is 12.2 Å². The van der Waals surface area contributed by atoms with Crippen LogP contribution in [0.25, 0.3) is 11.3 Å². The third-order valence-electron chi connectivity index (χ3n) is 4.08. The number of benzene rings is 1. The van der Waals surface area contributed by atoms with Crippen LogP contribution in [0.2, 0.25) is 0 Å². The van der Waals surface area contributed by atoms with Crippen LogP contribution >= 0.6 is 0 Å². The normalized spacial score (nSPS) is 14.5. The van der Waals surface area contributed by atoms with E-state index < -0.39 is 5.95 Å². The SMILES string of the molecule is O=C(c1ccnc(F)c1)N1CC(n2cc(-c3ccccc3)nn2)C1. The Balaban J connectivity index is 1.43. The highest BCUT2D eigenvalue weighted by Crippen LogP contribution is 2.24. The number of likely N-dealkylation sites (tertiary alicyclic amines) is 1. The van der Waals surface area contributed by atoms with Crippen LogP contribution in [0.5, 0.6) is 0 Å². The first kappa shape index (κ1) is 14.5. The molecule has 0 bridgehead atoms. The number of rotatable bonds is 3. The molecule has 0 radical (unpaired) electrons. The first-order valence-electron chi connectivity index (χ1n) is 7.59. The highest BCUT2D eigenvalue weighted by molar-refractivity contribution is 5.94. The van der Waals surface area contributed by atoms with Gasteiger partial charge in [-0.1, -0.05) is 35.5 Å². The third kappa shape index (κ3) is 2.64. The van der Waals surface area contributed by atoms with Crippen molar-refractivity contribution < 1.29 is 9.18 Å². The lowest BCUT2D eigenvalue weighted by Crippen LogP contribution is -2.50. The van der Waals surface area contributed by atoms with Gasteiger partial charge in [-0.3, -0.25) is 4.79 Å². The first-order valence-corrected chi connectivity index (χ1v) is 7.59. The third-order valence-corrected chi connectivity index (χ3v) is 4.08. The van der Waals surface area contributed by atoms with E-state index in [0.29, 0.717) is 18.7 Å². The Hall–Kier alpha value is -3.09. The average molecular weight is 323 g/mol. The lowest BCUT2D eigenvalue weighted by molar-refractivity contribution is 0.0498. The van der Waals surface area contributed by atoms with Crippen molar-refractivity contribution in [1.29, 1.82) is 0 Å². The van der Waals surface area contributed by atoms with Crippen LogP contribution in [0.1, 0.15) is 16.4 Å². The van der Waals surface area contributed by atoms with Gasteiger partial charge in [0.25, 0.3) is 5.91 Å². The molecule has 1 fully saturated rings. The molecule has 3 aromatic rings.